The minimum Gasteiger partial charge on any atom is -0.416 e. The summed E-state index contributed by atoms with van der Waals surface area (Å²) >= 11 is 0. The molecule has 7 nitrogen and oxygen atoms in total. The third kappa shape index (κ3) is 7.75. The Bertz CT molecular complexity index is 804. The molecule has 0 saturated heterocycles. The van der Waals surface area contributed by atoms with E-state index in [0.717, 1.165) is 0 Å². The van der Waals surface area contributed by atoms with Crippen LogP contribution in [0.4, 0.5) is 0 Å². The molecule has 0 N–H and O–H groups in total. The maximum atomic E-state index is 13.7. The largest absolute Gasteiger partial charge is 0.416 e. The van der Waals surface area contributed by atoms with Gasteiger partial charge in [-0.25, -0.2) is 0 Å². The Kier molecular flexibility index (Phi) is 9.96. The molecule has 0 heterocycles. The molecule has 35 heavy (non-hydrogen) atoms. The molecule has 1 aliphatic carbocycles. The van der Waals surface area contributed by atoms with Crippen molar-refractivity contribution in [3.8, 4) is 0 Å². The predicted molar refractivity (Wildman–Crippen MR) is 153 cm³/mol. The number of Topliss-reactive ketones (excluding diaryl/α,β-unsaturated/α-hetero) is 1. The molecule has 0 aromatic rings. The molecule has 1 saturated carbocycles. The molecular weight excluding hydrogens is 491 g/mol. The van der Waals surface area contributed by atoms with E-state index in [2.05, 4.69) is 112 Å². The molecule has 4 atom stereocenters. The maximum Gasteiger partial charge on any atom is 0.193 e. The number of azide groups is 1. The van der Waals surface area contributed by atoms with E-state index in [1.165, 1.54) is 0 Å². The molecule has 0 aromatic heterocycles. The van der Waals surface area contributed by atoms with Gasteiger partial charge in [-0.1, -0.05) is 67.4 Å². The van der Waals surface area contributed by atoms with Gasteiger partial charge in [0, 0.05) is 17.4 Å². The fourth-order valence-corrected chi connectivity index (χ4v) is 6.94. The minimum absolute atomic E-state index is 0.0237. The van der Waals surface area contributed by atoms with Crippen LogP contribution in [0.2, 0.25) is 54.4 Å². The van der Waals surface area contributed by atoms with Crippen LogP contribution in [0.5, 0.6) is 0 Å². The highest BCUT2D eigenvalue weighted by Crippen LogP contribution is 2.44. The first kappa shape index (κ1) is 32.5. The second-order valence-corrected chi connectivity index (χ2v) is 29.2. The highest BCUT2D eigenvalue weighted by Gasteiger charge is 2.53. The Labute approximate surface area is 218 Å². The van der Waals surface area contributed by atoms with E-state index >= 15 is 0 Å². The molecule has 0 radical (unpaired) electrons. The molecule has 1 rings (SSSR count). The lowest BCUT2D eigenvalue weighted by Gasteiger charge is -2.49. The van der Waals surface area contributed by atoms with Crippen molar-refractivity contribution in [2.45, 2.75) is 141 Å². The summed E-state index contributed by atoms with van der Waals surface area (Å²) < 4.78 is 20.4. The number of hydrogen-bond donors (Lipinski definition) is 0. The van der Waals surface area contributed by atoms with E-state index in [-0.39, 0.29) is 26.8 Å². The lowest BCUT2D eigenvalue weighted by Crippen LogP contribution is -2.61. The standard InChI is InChI=1S/C25H53N3O4Si3/c1-23(2,3)33(10,11)30-17-18-16-19(27-28-26)20(29)22(32-35(14,15)25(7,8)9)21(18)31-34(12,13)24(4,5)6/h18-19,21-22H,16-17H2,1-15H3/t18-,19+,21-,22-/m1/s1. The minimum atomic E-state index is -2.32. The van der Waals surface area contributed by atoms with Gasteiger partial charge in [-0.3, -0.25) is 4.79 Å². The normalized spacial score (nSPS) is 25.4. The Balaban J connectivity index is 3.56. The summed E-state index contributed by atoms with van der Waals surface area (Å²) in [7, 11) is -6.60. The number of carbonyl (C=O) groups excluding carboxylic acids is 1. The van der Waals surface area contributed by atoms with Gasteiger partial charge >= 0.3 is 0 Å². The molecular formula is C25H53N3O4Si3. The third-order valence-corrected chi connectivity index (χ3v) is 22.4. The maximum absolute atomic E-state index is 13.7. The summed E-state index contributed by atoms with van der Waals surface area (Å²) in [4.78, 5) is 16.7. The van der Waals surface area contributed by atoms with Gasteiger partial charge in [0.1, 0.15) is 6.10 Å². The summed E-state index contributed by atoms with van der Waals surface area (Å²) in [5, 5.41) is 3.87. The molecule has 0 amide bonds. The highest BCUT2D eigenvalue weighted by atomic mass is 28.4. The average Bonchev–Trinajstić information content (AvgIpc) is 2.63. The van der Waals surface area contributed by atoms with Crippen LogP contribution in [0.3, 0.4) is 0 Å². The monoisotopic (exact) mass is 543 g/mol. The third-order valence-electron chi connectivity index (χ3n) is 9.02. The Morgan fingerprint density at radius 2 is 1.26 bits per heavy atom. The van der Waals surface area contributed by atoms with E-state index < -0.39 is 43.2 Å². The summed E-state index contributed by atoms with van der Waals surface area (Å²) in [5.74, 6) is -0.249. The average molecular weight is 544 g/mol. The fourth-order valence-electron chi connectivity index (χ4n) is 3.29. The van der Waals surface area contributed by atoms with Crippen LogP contribution in [0.25, 0.3) is 10.4 Å². The zero-order valence-electron chi connectivity index (χ0n) is 25.2. The van der Waals surface area contributed by atoms with Crippen LogP contribution in [-0.4, -0.2) is 55.6 Å². The molecule has 1 aliphatic rings. The lowest BCUT2D eigenvalue weighted by molar-refractivity contribution is -0.141. The van der Waals surface area contributed by atoms with E-state index in [1.54, 1.807) is 0 Å². The molecule has 0 aromatic carbocycles. The first-order chi connectivity index (χ1) is 15.4. The van der Waals surface area contributed by atoms with Crippen LogP contribution in [0.1, 0.15) is 68.7 Å². The van der Waals surface area contributed by atoms with Crippen molar-refractivity contribution in [2.75, 3.05) is 6.61 Å². The van der Waals surface area contributed by atoms with Gasteiger partial charge in [-0.2, -0.15) is 0 Å². The van der Waals surface area contributed by atoms with Gasteiger partial charge in [0.05, 0.1) is 12.1 Å². The van der Waals surface area contributed by atoms with Crippen molar-refractivity contribution in [3.63, 3.8) is 0 Å². The zero-order chi connectivity index (χ0) is 27.8. The smallest absolute Gasteiger partial charge is 0.193 e. The predicted octanol–water partition coefficient (Wildman–Crippen LogP) is 8.06. The number of hydrogen-bond acceptors (Lipinski definition) is 5. The topological polar surface area (TPSA) is 93.5 Å². The number of nitrogens with zero attached hydrogens (tertiary/aromatic N) is 3. The van der Waals surface area contributed by atoms with Crippen LogP contribution >= 0.6 is 0 Å². The molecule has 1 fully saturated rings. The van der Waals surface area contributed by atoms with Gasteiger partial charge < -0.3 is 13.3 Å². The van der Waals surface area contributed by atoms with Crippen molar-refractivity contribution in [2.24, 2.45) is 11.0 Å². The molecule has 0 bridgehead atoms. The highest BCUT2D eigenvalue weighted by molar-refractivity contribution is 6.75. The van der Waals surface area contributed by atoms with Gasteiger partial charge in [-0.05, 0) is 66.3 Å². The van der Waals surface area contributed by atoms with Crippen LogP contribution in [0, 0.1) is 5.92 Å². The van der Waals surface area contributed by atoms with Crippen LogP contribution in [-0.2, 0) is 18.1 Å². The molecule has 10 heteroatoms. The second-order valence-electron chi connectivity index (χ2n) is 14.8. The van der Waals surface area contributed by atoms with Gasteiger partial charge in [-0.15, -0.1) is 0 Å². The summed E-state index contributed by atoms with van der Waals surface area (Å²) in [6.45, 7) is 33.5. The number of carbonyl (C=O) groups is 1. The van der Waals surface area contributed by atoms with Crippen LogP contribution in [0.15, 0.2) is 5.11 Å². The van der Waals surface area contributed by atoms with Crippen molar-refractivity contribution in [1.29, 1.82) is 0 Å². The molecule has 204 valence electrons. The zero-order valence-corrected chi connectivity index (χ0v) is 28.2. The van der Waals surface area contributed by atoms with Crippen molar-refractivity contribution in [1.82, 2.24) is 0 Å². The van der Waals surface area contributed by atoms with E-state index in [9.17, 15) is 10.3 Å². The van der Waals surface area contributed by atoms with Crippen molar-refractivity contribution >= 4 is 30.7 Å². The number of ketones is 1. The quantitative estimate of drug-likeness (QED) is 0.134. The van der Waals surface area contributed by atoms with E-state index in [4.69, 9.17) is 13.3 Å². The Morgan fingerprint density at radius 3 is 1.66 bits per heavy atom. The number of rotatable bonds is 8. The van der Waals surface area contributed by atoms with Gasteiger partial charge in [0.2, 0.25) is 0 Å². The van der Waals surface area contributed by atoms with Gasteiger partial charge in [0.15, 0.2) is 30.7 Å². The molecule has 0 spiro atoms. The fraction of sp³-hybridized carbons (Fsp3) is 0.960. The summed E-state index contributed by atoms with van der Waals surface area (Å²) in [6, 6.07) is -0.762. The SMILES string of the molecule is CC(C)(C)[Si](C)(C)OC[C@H]1C[C@H](N=[N+]=[N-])C(=O)[C@@H](O[Si](C)(C)C(C)(C)C)[C@@H]1O[Si](C)(C)C(C)(C)C. The van der Waals surface area contributed by atoms with Crippen molar-refractivity contribution in [3.05, 3.63) is 10.4 Å². The summed E-state index contributed by atoms with van der Waals surface area (Å²) in [6.07, 6.45) is -0.761. The lowest BCUT2D eigenvalue weighted by atomic mass is 9.81. The first-order valence-electron chi connectivity index (χ1n) is 13.0. The Hall–Kier alpha value is -0.489. The van der Waals surface area contributed by atoms with Crippen molar-refractivity contribution < 1.29 is 18.1 Å². The second kappa shape index (κ2) is 10.7. The molecule has 0 unspecified atom stereocenters. The van der Waals surface area contributed by atoms with Crippen LogP contribution < -0.4 is 0 Å². The van der Waals surface area contributed by atoms with E-state index in [0.29, 0.717) is 13.0 Å². The Morgan fingerprint density at radius 1 is 0.829 bits per heavy atom. The molecule has 0 aliphatic heterocycles. The summed E-state index contributed by atoms with van der Waals surface area (Å²) in [5.41, 5.74) is 9.22. The van der Waals surface area contributed by atoms with Gasteiger partial charge in [0.25, 0.3) is 0 Å². The van der Waals surface area contributed by atoms with E-state index in [1.807, 2.05) is 0 Å². The first-order valence-corrected chi connectivity index (χ1v) is 21.7.